The lowest BCUT2D eigenvalue weighted by Gasteiger charge is -2.27. The molecule has 1 N–H and O–H groups in total. The van der Waals surface area contributed by atoms with E-state index in [0.717, 1.165) is 51.5 Å². The van der Waals surface area contributed by atoms with Crippen LogP contribution in [-0.2, 0) is 37.5 Å². The van der Waals surface area contributed by atoms with Gasteiger partial charge >= 0.3 is 6.03 Å². The molecule has 2 aliphatic heterocycles. The molecule has 0 aliphatic carbocycles. The Morgan fingerprint density at radius 1 is 1.10 bits per heavy atom. The lowest BCUT2D eigenvalue weighted by Crippen LogP contribution is -2.34. The van der Waals surface area contributed by atoms with E-state index in [0.29, 0.717) is 50.0 Å². The number of nitrogens with zero attached hydrogens (tertiary/aromatic N) is 3. The van der Waals surface area contributed by atoms with Crippen molar-refractivity contribution in [1.82, 2.24) is 19.8 Å². The summed E-state index contributed by atoms with van der Waals surface area (Å²) in [5.41, 5.74) is 6.76. The average molecular weight is 571 g/mol. The van der Waals surface area contributed by atoms with Crippen molar-refractivity contribution >= 4 is 47.0 Å². The highest BCUT2D eigenvalue weighted by molar-refractivity contribution is 6.29. The molecular weight excluding hydrogens is 545 g/mol. The molecule has 10 heteroatoms. The van der Waals surface area contributed by atoms with Crippen LogP contribution in [-0.4, -0.2) is 33.6 Å². The van der Waals surface area contributed by atoms with Gasteiger partial charge < -0.3 is 10.1 Å². The van der Waals surface area contributed by atoms with Crippen LogP contribution in [0.5, 0.6) is 0 Å². The minimum absolute atomic E-state index is 0. The molecule has 2 aromatic carbocycles. The second kappa shape index (κ2) is 11.4. The van der Waals surface area contributed by atoms with E-state index in [2.05, 4.69) is 27.3 Å². The van der Waals surface area contributed by atoms with Crippen LogP contribution in [0.4, 0.5) is 13.6 Å². The minimum atomic E-state index is -0.857. The van der Waals surface area contributed by atoms with Gasteiger partial charge in [0.2, 0.25) is 0 Å². The van der Waals surface area contributed by atoms with E-state index < -0.39 is 11.6 Å². The van der Waals surface area contributed by atoms with Crippen LogP contribution in [0.15, 0.2) is 54.7 Å². The van der Waals surface area contributed by atoms with Crippen molar-refractivity contribution in [2.24, 2.45) is 0 Å². The van der Waals surface area contributed by atoms with Gasteiger partial charge in [-0.3, -0.25) is 9.47 Å². The lowest BCUT2D eigenvalue weighted by atomic mass is 10.0. The van der Waals surface area contributed by atoms with Crippen LogP contribution < -0.4 is 5.32 Å². The van der Waals surface area contributed by atoms with Gasteiger partial charge in [-0.25, -0.2) is 18.6 Å². The number of rotatable bonds is 5. The monoisotopic (exact) mass is 570 g/mol. The van der Waals surface area contributed by atoms with Crippen LogP contribution in [0, 0.1) is 11.6 Å². The number of amides is 1. The first-order valence-corrected chi connectivity index (χ1v) is 12.8. The molecule has 0 saturated carbocycles. The van der Waals surface area contributed by atoms with Crippen LogP contribution in [0.1, 0.15) is 33.5 Å². The zero-order valence-electron chi connectivity index (χ0n) is 20.9. The first kappa shape index (κ1) is 27.3. The fourth-order valence-corrected chi connectivity index (χ4v) is 5.43. The Balaban J connectivity index is 0.00000308. The van der Waals surface area contributed by atoms with Gasteiger partial charge in [-0.2, -0.15) is 0 Å². The zero-order valence-corrected chi connectivity index (χ0v) is 22.5. The molecule has 202 valence electrons. The number of carbonyl (C=O) groups is 1. The minimum Gasteiger partial charge on any atom is -0.372 e. The predicted octanol–water partition coefficient (Wildman–Crippen LogP) is 6.25. The predicted molar refractivity (Wildman–Crippen MR) is 149 cm³/mol. The Morgan fingerprint density at radius 3 is 2.72 bits per heavy atom. The van der Waals surface area contributed by atoms with Gasteiger partial charge in [0.25, 0.3) is 0 Å². The number of nitrogens with one attached hydrogen (secondary N) is 1. The molecule has 4 aromatic rings. The number of fused-ring (bicyclic) bond motifs is 4. The summed E-state index contributed by atoms with van der Waals surface area (Å²) in [4.78, 5) is 19.8. The largest absolute Gasteiger partial charge is 0.372 e. The maximum absolute atomic E-state index is 13.5. The van der Waals surface area contributed by atoms with E-state index in [9.17, 15) is 13.6 Å². The third kappa shape index (κ3) is 5.56. The third-order valence-electron chi connectivity index (χ3n) is 7.12. The van der Waals surface area contributed by atoms with E-state index >= 15 is 0 Å². The number of hydrogen-bond donors (Lipinski definition) is 1. The topological polar surface area (TPSA) is 59.4 Å². The normalized spacial score (nSPS) is 14.8. The SMILES string of the molecule is Cl.O=C(NCc1ccnc(Cl)c1)n1c2c(c3cc4c(cc31)COC4)CN(C/C=C/c1ccc(F)c(F)c1)CC2. The average Bonchev–Trinajstić information content (AvgIpc) is 3.49. The summed E-state index contributed by atoms with van der Waals surface area (Å²) in [7, 11) is 0. The van der Waals surface area contributed by atoms with Crippen molar-refractivity contribution in [2.75, 3.05) is 13.1 Å². The van der Waals surface area contributed by atoms with Crippen LogP contribution >= 0.6 is 24.0 Å². The molecule has 2 aromatic heterocycles. The lowest BCUT2D eigenvalue weighted by molar-refractivity contribution is 0.134. The molecular formula is C29H26Cl2F2N4O2. The van der Waals surface area contributed by atoms with E-state index in [4.69, 9.17) is 16.3 Å². The van der Waals surface area contributed by atoms with Crippen molar-refractivity contribution in [3.63, 3.8) is 0 Å². The molecule has 0 spiro atoms. The summed E-state index contributed by atoms with van der Waals surface area (Å²) in [5.74, 6) is -1.71. The van der Waals surface area contributed by atoms with Gasteiger partial charge in [0.05, 0.1) is 18.7 Å². The highest BCUT2D eigenvalue weighted by Gasteiger charge is 2.28. The molecule has 0 fully saturated rings. The Kier molecular flexibility index (Phi) is 8.00. The van der Waals surface area contributed by atoms with Crippen LogP contribution in [0.3, 0.4) is 0 Å². The van der Waals surface area contributed by atoms with Gasteiger partial charge in [-0.15, -0.1) is 12.4 Å². The van der Waals surface area contributed by atoms with Crippen LogP contribution in [0.2, 0.25) is 5.15 Å². The smallest absolute Gasteiger partial charge is 0.326 e. The first-order chi connectivity index (χ1) is 18.5. The molecule has 2 aliphatic rings. The summed E-state index contributed by atoms with van der Waals surface area (Å²) >= 11 is 6.00. The van der Waals surface area contributed by atoms with Crippen molar-refractivity contribution in [3.8, 4) is 0 Å². The van der Waals surface area contributed by atoms with Gasteiger partial charge in [0.15, 0.2) is 11.6 Å². The van der Waals surface area contributed by atoms with E-state index in [-0.39, 0.29) is 18.4 Å². The summed E-state index contributed by atoms with van der Waals surface area (Å²) in [6, 6.07) is 11.5. The van der Waals surface area contributed by atoms with E-state index in [1.807, 2.05) is 12.1 Å². The number of hydrogen-bond acceptors (Lipinski definition) is 4. The summed E-state index contributed by atoms with van der Waals surface area (Å²) < 4.78 is 34.2. The Bertz CT molecular complexity index is 1590. The molecule has 6 nitrogen and oxygen atoms in total. The van der Waals surface area contributed by atoms with Gasteiger partial charge in [-0.1, -0.05) is 29.8 Å². The molecule has 0 bridgehead atoms. The molecule has 0 saturated heterocycles. The van der Waals surface area contributed by atoms with E-state index in [1.165, 1.54) is 6.07 Å². The summed E-state index contributed by atoms with van der Waals surface area (Å²) in [6.45, 7) is 3.54. The number of halogens is 4. The number of aromatic nitrogens is 2. The van der Waals surface area contributed by atoms with Gasteiger partial charge in [0.1, 0.15) is 5.15 Å². The fraction of sp³-hybridized carbons (Fsp3) is 0.241. The Hall–Kier alpha value is -3.30. The number of benzene rings is 2. The molecule has 0 atom stereocenters. The van der Waals surface area contributed by atoms with Crippen molar-refractivity contribution in [2.45, 2.75) is 32.7 Å². The molecule has 4 heterocycles. The number of pyridine rings is 1. The summed E-state index contributed by atoms with van der Waals surface area (Å²) in [6.07, 6.45) is 6.08. The highest BCUT2D eigenvalue weighted by Crippen LogP contribution is 2.35. The standard InChI is InChI=1S/C29H25ClF2N4O2.ClH/c30-28-11-19(5-7-33-28)14-34-29(37)36-26-6-9-35(8-1-2-18-3-4-24(31)25(32)10-18)15-23(26)22-12-20-16-38-17-21(20)13-27(22)36;/h1-5,7,10-13H,6,8-9,14-17H2,(H,34,37);1H/b2-1+;. The molecule has 1 amide bonds. The molecule has 6 rings (SSSR count). The van der Waals surface area contributed by atoms with Crippen LogP contribution in [0.25, 0.3) is 17.0 Å². The highest BCUT2D eigenvalue weighted by atomic mass is 35.5. The summed E-state index contributed by atoms with van der Waals surface area (Å²) in [5, 5.41) is 4.48. The molecule has 0 radical (unpaired) electrons. The second-order valence-electron chi connectivity index (χ2n) is 9.60. The maximum atomic E-state index is 13.5. The fourth-order valence-electron chi connectivity index (χ4n) is 5.24. The molecule has 39 heavy (non-hydrogen) atoms. The van der Waals surface area contributed by atoms with Crippen molar-refractivity contribution < 1.29 is 18.3 Å². The zero-order chi connectivity index (χ0) is 26.2. The maximum Gasteiger partial charge on any atom is 0.326 e. The van der Waals surface area contributed by atoms with Gasteiger partial charge in [-0.05, 0) is 64.2 Å². The number of carbonyl (C=O) groups excluding carboxylic acids is 1. The third-order valence-corrected chi connectivity index (χ3v) is 7.33. The first-order valence-electron chi connectivity index (χ1n) is 12.4. The van der Waals surface area contributed by atoms with Crippen molar-refractivity contribution in [1.29, 1.82) is 0 Å². The van der Waals surface area contributed by atoms with E-state index in [1.54, 1.807) is 29.0 Å². The Morgan fingerprint density at radius 2 is 1.92 bits per heavy atom. The molecule has 0 unspecified atom stereocenters. The quantitative estimate of drug-likeness (QED) is 0.288. The van der Waals surface area contributed by atoms with Gasteiger partial charge in [0, 0.05) is 49.9 Å². The number of ether oxygens (including phenoxy) is 1. The second-order valence-corrected chi connectivity index (χ2v) is 9.99. The van der Waals surface area contributed by atoms with Crippen molar-refractivity contribution in [3.05, 3.63) is 105 Å². The Labute approximate surface area is 235 Å².